The monoisotopic (exact) mass is 429 g/mol. The first kappa shape index (κ1) is 19.9. The molecule has 0 aliphatic heterocycles. The zero-order valence-electron chi connectivity index (χ0n) is 19.5. The number of fused-ring (bicyclic) bond motifs is 4. The summed E-state index contributed by atoms with van der Waals surface area (Å²) in [5.74, 6) is 1.30. The second-order valence-corrected chi connectivity index (χ2v) is 9.78. The molecule has 0 spiro atoms. The molecule has 6 rings (SSSR count). The average molecular weight is 430 g/mol. The number of nitrogens with zero attached hydrogens (tertiary/aromatic N) is 3. The number of hydrogen-bond donors (Lipinski definition) is 0. The molecule has 2 aromatic heterocycles. The number of hydrogen-bond acceptors (Lipinski definition) is 2. The molecular weight excluding hydrogens is 402 g/mol. The molecule has 0 atom stereocenters. The molecule has 1 aliphatic carbocycles. The molecule has 0 bridgehead atoms. The lowest BCUT2D eigenvalue weighted by Gasteiger charge is -2.21. The van der Waals surface area contributed by atoms with Gasteiger partial charge in [0.2, 0.25) is 0 Å². The third-order valence-electron chi connectivity index (χ3n) is 7.14. The van der Waals surface area contributed by atoms with E-state index >= 15 is 0 Å². The van der Waals surface area contributed by atoms with Gasteiger partial charge < -0.3 is 0 Å². The third kappa shape index (κ3) is 2.88. The van der Waals surface area contributed by atoms with Crippen LogP contribution in [0.5, 0.6) is 0 Å². The van der Waals surface area contributed by atoms with E-state index in [-0.39, 0.29) is 5.41 Å². The van der Waals surface area contributed by atoms with Crippen LogP contribution in [0.25, 0.3) is 39.1 Å². The maximum Gasteiger partial charge on any atom is 0.146 e. The molecule has 0 N–H and O–H groups in total. The van der Waals surface area contributed by atoms with E-state index in [1.807, 2.05) is 18.5 Å². The highest BCUT2D eigenvalue weighted by molar-refractivity contribution is 5.94. The van der Waals surface area contributed by atoms with Gasteiger partial charge in [0.25, 0.3) is 0 Å². The fourth-order valence-electron chi connectivity index (χ4n) is 5.43. The predicted octanol–water partition coefficient (Wildman–Crippen LogP) is 7.52. The van der Waals surface area contributed by atoms with Gasteiger partial charge >= 0.3 is 0 Å². The van der Waals surface area contributed by atoms with Gasteiger partial charge in [-0.25, -0.2) is 4.98 Å². The number of benzene rings is 3. The quantitative estimate of drug-likeness (QED) is 0.297. The number of rotatable bonds is 3. The van der Waals surface area contributed by atoms with Crippen molar-refractivity contribution in [1.82, 2.24) is 14.5 Å². The van der Waals surface area contributed by atoms with Crippen LogP contribution in [0.4, 0.5) is 0 Å². The van der Waals surface area contributed by atoms with Gasteiger partial charge in [0, 0.05) is 40.6 Å². The molecule has 3 heteroatoms. The first-order valence-electron chi connectivity index (χ1n) is 11.6. The summed E-state index contributed by atoms with van der Waals surface area (Å²) in [5, 5.41) is 1.14. The summed E-state index contributed by atoms with van der Waals surface area (Å²) in [4.78, 5) is 9.61. The summed E-state index contributed by atoms with van der Waals surface area (Å²) < 4.78 is 2.21. The second kappa shape index (κ2) is 7.14. The van der Waals surface area contributed by atoms with Gasteiger partial charge in [0.05, 0.1) is 5.52 Å². The summed E-state index contributed by atoms with van der Waals surface area (Å²) in [7, 11) is 0. The van der Waals surface area contributed by atoms with E-state index in [9.17, 15) is 0 Å². The van der Waals surface area contributed by atoms with E-state index in [0.29, 0.717) is 5.92 Å². The van der Waals surface area contributed by atoms with E-state index in [1.165, 1.54) is 27.8 Å². The van der Waals surface area contributed by atoms with Crippen molar-refractivity contribution in [3.8, 4) is 28.2 Å². The Morgan fingerprint density at radius 3 is 2.45 bits per heavy atom. The van der Waals surface area contributed by atoms with Crippen LogP contribution < -0.4 is 0 Å². The minimum absolute atomic E-state index is 0.00654. The minimum Gasteiger partial charge on any atom is -0.300 e. The Labute approximate surface area is 194 Å². The Bertz CT molecular complexity index is 1520. The topological polar surface area (TPSA) is 30.7 Å². The van der Waals surface area contributed by atoms with Crippen molar-refractivity contribution in [3.05, 3.63) is 102 Å². The summed E-state index contributed by atoms with van der Waals surface area (Å²) in [6.45, 7) is 9.10. The standard InChI is InChI=1S/C30H27N3/c1-19(2)22-13-11-20-8-7-15-31-28(20)27(22)29-32-16-17-33(29)21-12-14-26-24(18-21)23-9-5-6-10-25(23)30(26,3)4/h5-19H,1-4H3. The predicted molar refractivity (Wildman–Crippen MR) is 136 cm³/mol. The molecule has 33 heavy (non-hydrogen) atoms. The highest BCUT2D eigenvalue weighted by Gasteiger charge is 2.35. The normalized spacial score (nSPS) is 14.0. The zero-order valence-corrected chi connectivity index (χ0v) is 19.5. The van der Waals surface area contributed by atoms with Gasteiger partial charge in [-0.3, -0.25) is 9.55 Å². The van der Waals surface area contributed by atoms with Crippen molar-refractivity contribution in [3.63, 3.8) is 0 Å². The van der Waals surface area contributed by atoms with Crippen LogP contribution in [0.15, 0.2) is 85.3 Å². The van der Waals surface area contributed by atoms with Crippen LogP contribution in [0.3, 0.4) is 0 Å². The number of pyridine rings is 1. The molecule has 2 heterocycles. The van der Waals surface area contributed by atoms with Crippen LogP contribution >= 0.6 is 0 Å². The SMILES string of the molecule is CC(C)c1ccc2cccnc2c1-c1nccn1-c1ccc2c(c1)-c1ccccc1C2(C)C. The molecule has 0 fully saturated rings. The van der Waals surface area contributed by atoms with E-state index in [4.69, 9.17) is 9.97 Å². The van der Waals surface area contributed by atoms with Crippen LogP contribution in [0.2, 0.25) is 0 Å². The van der Waals surface area contributed by atoms with Crippen molar-refractivity contribution in [2.24, 2.45) is 0 Å². The largest absolute Gasteiger partial charge is 0.300 e. The molecule has 3 aromatic carbocycles. The van der Waals surface area contributed by atoms with E-state index in [0.717, 1.165) is 28.0 Å². The Kier molecular flexibility index (Phi) is 4.31. The summed E-state index contributed by atoms with van der Waals surface area (Å²) in [6, 6.07) is 24.1. The third-order valence-corrected chi connectivity index (χ3v) is 7.14. The van der Waals surface area contributed by atoms with Gasteiger partial charge in [-0.15, -0.1) is 0 Å². The van der Waals surface area contributed by atoms with Crippen molar-refractivity contribution in [1.29, 1.82) is 0 Å². The van der Waals surface area contributed by atoms with E-state index in [1.54, 1.807) is 0 Å². The lowest BCUT2D eigenvalue weighted by molar-refractivity contribution is 0.660. The Balaban J connectivity index is 1.59. The van der Waals surface area contributed by atoms with Crippen LogP contribution in [0, 0.1) is 0 Å². The first-order chi connectivity index (χ1) is 16.0. The molecule has 0 saturated heterocycles. The van der Waals surface area contributed by atoms with Crippen LogP contribution in [-0.4, -0.2) is 14.5 Å². The molecule has 0 radical (unpaired) electrons. The Hall–Kier alpha value is -3.72. The van der Waals surface area contributed by atoms with Gasteiger partial charge in [0.15, 0.2) is 0 Å². The highest BCUT2D eigenvalue weighted by Crippen LogP contribution is 2.49. The van der Waals surface area contributed by atoms with Crippen LogP contribution in [-0.2, 0) is 5.41 Å². The molecule has 0 amide bonds. The van der Waals surface area contributed by atoms with Crippen molar-refractivity contribution in [2.75, 3.05) is 0 Å². The van der Waals surface area contributed by atoms with E-state index in [2.05, 4.69) is 99.1 Å². The fraction of sp³-hybridized carbons (Fsp3) is 0.200. The summed E-state index contributed by atoms with van der Waals surface area (Å²) in [6.07, 6.45) is 5.83. The molecule has 0 saturated carbocycles. The lowest BCUT2D eigenvalue weighted by Crippen LogP contribution is -2.14. The van der Waals surface area contributed by atoms with Gasteiger partial charge in [-0.2, -0.15) is 0 Å². The van der Waals surface area contributed by atoms with Gasteiger partial charge in [-0.1, -0.05) is 76.2 Å². The molecule has 0 unspecified atom stereocenters. The summed E-state index contributed by atoms with van der Waals surface area (Å²) >= 11 is 0. The summed E-state index contributed by atoms with van der Waals surface area (Å²) in [5.41, 5.74) is 9.93. The maximum atomic E-state index is 4.85. The second-order valence-electron chi connectivity index (χ2n) is 9.78. The molecule has 3 nitrogen and oxygen atoms in total. The molecular formula is C30H27N3. The average Bonchev–Trinajstić information content (AvgIpc) is 3.40. The van der Waals surface area contributed by atoms with Crippen molar-refractivity contribution >= 4 is 10.9 Å². The van der Waals surface area contributed by atoms with Crippen molar-refractivity contribution < 1.29 is 0 Å². The van der Waals surface area contributed by atoms with E-state index < -0.39 is 0 Å². The number of aromatic nitrogens is 3. The Morgan fingerprint density at radius 1 is 0.788 bits per heavy atom. The lowest BCUT2D eigenvalue weighted by atomic mass is 9.82. The Morgan fingerprint density at radius 2 is 1.61 bits per heavy atom. The van der Waals surface area contributed by atoms with Crippen molar-refractivity contribution in [2.45, 2.75) is 39.0 Å². The maximum absolute atomic E-state index is 4.85. The minimum atomic E-state index is 0.00654. The molecule has 1 aliphatic rings. The molecule has 162 valence electrons. The fourth-order valence-corrected chi connectivity index (χ4v) is 5.43. The first-order valence-corrected chi connectivity index (χ1v) is 11.6. The van der Waals surface area contributed by atoms with Crippen LogP contribution in [0.1, 0.15) is 50.3 Å². The zero-order chi connectivity index (χ0) is 22.7. The smallest absolute Gasteiger partial charge is 0.146 e. The van der Waals surface area contributed by atoms with Gasteiger partial charge in [0.1, 0.15) is 5.82 Å². The van der Waals surface area contributed by atoms with Gasteiger partial charge in [-0.05, 0) is 51.9 Å². The molecule has 5 aromatic rings. The number of imidazole rings is 1. The highest BCUT2D eigenvalue weighted by atomic mass is 15.1.